The van der Waals surface area contributed by atoms with Gasteiger partial charge >= 0.3 is 150 Å². The summed E-state index contributed by atoms with van der Waals surface area (Å²) < 4.78 is 13.4. The van der Waals surface area contributed by atoms with E-state index >= 15 is 0 Å². The molecule has 0 aliphatic heterocycles. The minimum absolute atomic E-state index is 0. The van der Waals surface area contributed by atoms with Crippen molar-refractivity contribution in [1.82, 2.24) is 9.97 Å². The first kappa shape index (κ1) is 43.6. The van der Waals surface area contributed by atoms with Crippen LogP contribution >= 0.6 is 0 Å². The zero-order valence-electron chi connectivity index (χ0n) is 36.9. The van der Waals surface area contributed by atoms with E-state index in [0.717, 1.165) is 85.0 Å². The summed E-state index contributed by atoms with van der Waals surface area (Å²) in [5.41, 5.74) is 13.7. The number of pyridine rings is 2. The normalized spacial score (nSPS) is 18.8. The molecule has 4 aliphatic rings. The van der Waals surface area contributed by atoms with Gasteiger partial charge in [0, 0.05) is 31.9 Å². The Labute approximate surface area is 380 Å². The van der Waals surface area contributed by atoms with Crippen LogP contribution in [0.4, 0.5) is 0 Å². The van der Waals surface area contributed by atoms with E-state index in [0.29, 0.717) is 0 Å². The maximum Gasteiger partial charge on any atom is 0 e. The zero-order valence-corrected chi connectivity index (χ0v) is 41.4. The van der Waals surface area contributed by atoms with E-state index in [4.69, 9.17) is 19.1 Å². The molecule has 0 saturated heterocycles. The molecule has 0 spiro atoms. The molecule has 3 heterocycles. The molecule has 4 saturated carbocycles. The number of fused-ring (bicyclic) bond motifs is 6. The van der Waals surface area contributed by atoms with Crippen LogP contribution in [0.15, 0.2) is 102 Å². The Bertz CT molecular complexity index is 2630. The van der Waals surface area contributed by atoms with Gasteiger partial charge in [0.25, 0.3) is 0 Å². The van der Waals surface area contributed by atoms with Crippen molar-refractivity contribution in [2.24, 2.45) is 23.7 Å². The number of aryl methyl sites for hydroxylation is 1. The van der Waals surface area contributed by atoms with Crippen molar-refractivity contribution in [1.29, 1.82) is 0 Å². The molecule has 6 heteroatoms. The van der Waals surface area contributed by atoms with Crippen LogP contribution in [-0.2, 0) is 32.9 Å². The summed E-state index contributed by atoms with van der Waals surface area (Å²) in [7, 11) is 1.71. The van der Waals surface area contributed by atoms with Crippen molar-refractivity contribution in [3.63, 3.8) is 0 Å². The number of nitrogens with zero attached hydrogens (tertiary/aromatic N) is 2. The Balaban J connectivity index is 0.000000180. The summed E-state index contributed by atoms with van der Waals surface area (Å²) in [6, 6.07) is 36.6. The van der Waals surface area contributed by atoms with Gasteiger partial charge in [-0.2, -0.15) is 0 Å². The van der Waals surface area contributed by atoms with E-state index in [9.17, 15) is 0 Å². The number of para-hydroxylation sites is 1. The van der Waals surface area contributed by atoms with E-state index in [-0.39, 0.29) is 20.1 Å². The van der Waals surface area contributed by atoms with Crippen LogP contribution in [0.3, 0.4) is 0 Å². The second kappa shape index (κ2) is 18.8. The molecule has 11 rings (SSSR count). The van der Waals surface area contributed by atoms with Crippen LogP contribution in [0.1, 0.15) is 80.0 Å². The molecule has 1 atom stereocenters. The van der Waals surface area contributed by atoms with E-state index in [1.54, 1.807) is 17.1 Å². The number of benzene rings is 4. The second-order valence-corrected chi connectivity index (χ2v) is 29.7. The minimum Gasteiger partial charge on any atom is 0 e. The first-order valence-corrected chi connectivity index (χ1v) is 29.9. The van der Waals surface area contributed by atoms with Gasteiger partial charge in [0.2, 0.25) is 0 Å². The summed E-state index contributed by atoms with van der Waals surface area (Å²) in [6.45, 7) is 4.40. The quantitative estimate of drug-likeness (QED) is 0.107. The topological polar surface area (TPSA) is 48.2 Å². The molecule has 1 radical (unpaired) electrons. The molecule has 317 valence electrons. The summed E-state index contributed by atoms with van der Waals surface area (Å²) in [4.78, 5) is 9.60. The molecule has 4 fully saturated rings. The minimum atomic E-state index is -1.92. The maximum atomic E-state index is 6.23. The van der Waals surface area contributed by atoms with E-state index < -0.39 is 13.3 Å². The Kier molecular flexibility index (Phi) is 13.4. The second-order valence-electron chi connectivity index (χ2n) is 19.1. The summed E-state index contributed by atoms with van der Waals surface area (Å²) in [5.74, 6) is 12.0. The van der Waals surface area contributed by atoms with Gasteiger partial charge < -0.3 is 14.1 Å². The van der Waals surface area contributed by atoms with Crippen molar-refractivity contribution >= 4 is 39.6 Å². The average molecular weight is 1050 g/mol. The number of rotatable bonds is 9. The van der Waals surface area contributed by atoms with Crippen molar-refractivity contribution in [2.75, 3.05) is 7.11 Å². The first-order chi connectivity index (χ1) is 29.1. The Hall–Kier alpha value is -4.03. The fourth-order valence-corrected chi connectivity index (χ4v) is 14.2. The van der Waals surface area contributed by atoms with Gasteiger partial charge in [-0.05, 0) is 78.3 Å². The van der Waals surface area contributed by atoms with Gasteiger partial charge in [0.05, 0.1) is 12.7 Å². The molecular formula is C55H60GeIrN2O2-2. The van der Waals surface area contributed by atoms with Gasteiger partial charge in [-0.25, -0.2) is 0 Å². The van der Waals surface area contributed by atoms with Gasteiger partial charge in [-0.15, -0.1) is 17.7 Å². The monoisotopic (exact) mass is 1050 g/mol. The smallest absolute Gasteiger partial charge is 0 e. The van der Waals surface area contributed by atoms with E-state index in [2.05, 4.69) is 110 Å². The molecule has 4 aromatic carbocycles. The van der Waals surface area contributed by atoms with Crippen molar-refractivity contribution in [3.8, 4) is 39.4 Å². The predicted octanol–water partition coefficient (Wildman–Crippen LogP) is 13.9. The Morgan fingerprint density at radius 2 is 1.57 bits per heavy atom. The number of hydrogen-bond donors (Lipinski definition) is 0. The van der Waals surface area contributed by atoms with Crippen molar-refractivity contribution < 1.29 is 29.3 Å². The van der Waals surface area contributed by atoms with Crippen LogP contribution in [0.25, 0.3) is 55.6 Å². The van der Waals surface area contributed by atoms with Crippen molar-refractivity contribution in [3.05, 3.63) is 132 Å². The molecule has 4 aliphatic carbocycles. The zero-order chi connectivity index (χ0) is 41.4. The van der Waals surface area contributed by atoms with Gasteiger partial charge in [0.1, 0.15) is 11.3 Å². The fraction of sp³-hybridized carbons (Fsp3) is 0.382. The average Bonchev–Trinajstić information content (AvgIpc) is 3.92. The maximum absolute atomic E-state index is 6.23. The van der Waals surface area contributed by atoms with Crippen molar-refractivity contribution in [2.45, 2.75) is 102 Å². The molecule has 0 N–H and O–H groups in total. The molecule has 2 bridgehead atoms. The molecule has 7 aromatic rings. The largest absolute Gasteiger partial charge is 0 e. The number of aromatic nitrogens is 2. The van der Waals surface area contributed by atoms with E-state index in [1.807, 2.05) is 30.5 Å². The first-order valence-electron chi connectivity index (χ1n) is 22.6. The SMILES string of the molecule is COc1ccccc1-c1ccc2oc3[c-]c(-c4cc(CC5CC6CCC5CC6)ccn4)ccc3c2c1.Cc1[c-]c(-c2nc[c]([Ge]([CH3])([CH3])[CH3])c(CC3CCCC3)c2C)ccc1.[Ir]. The number of ether oxygens (including phenoxy) is 1. The van der Waals surface area contributed by atoms with Gasteiger partial charge in [0.15, 0.2) is 0 Å². The third-order valence-corrected chi connectivity index (χ3v) is 18.3. The third-order valence-electron chi connectivity index (χ3n) is 14.0. The number of hydrogen-bond acceptors (Lipinski definition) is 4. The van der Waals surface area contributed by atoms with Crippen LogP contribution in [-0.4, -0.2) is 30.3 Å². The van der Waals surface area contributed by atoms with Gasteiger partial charge in [-0.3, -0.25) is 0 Å². The van der Waals surface area contributed by atoms with Gasteiger partial charge in [-0.1, -0.05) is 66.3 Å². The molecule has 3 aromatic heterocycles. The van der Waals surface area contributed by atoms with Crippen LogP contribution in [0, 0.1) is 49.7 Å². The Morgan fingerprint density at radius 3 is 2.31 bits per heavy atom. The molecular weight excluding hydrogens is 985 g/mol. The van der Waals surface area contributed by atoms with Crippen LogP contribution in [0.2, 0.25) is 17.3 Å². The summed E-state index contributed by atoms with van der Waals surface area (Å²) >= 11 is -1.92. The standard InChI is InChI=1S/C33H30NO2.C22H30GeN.Ir/c1-35-31-5-3-2-4-27(31)24-11-13-32-29(19-24)28-12-10-25(20-33(28)36-32)30-18-22(14-15-34-30)17-26-16-21-6-8-23(26)9-7-21;1-16-9-8-12-19(13-16)22-17(2)20(14-18-10-6-7-11-18)21(15-24-22)23(3,4)5;/h2-5,10-15,18-19,21,23,26H,6-9,16-17H2,1H3;8-9,12,15,18H,6-7,10-11,14H2,1-5H3;/q2*-1;. The van der Waals surface area contributed by atoms with Crippen LogP contribution < -0.4 is 9.13 Å². The molecule has 4 nitrogen and oxygen atoms in total. The predicted molar refractivity (Wildman–Crippen MR) is 252 cm³/mol. The molecule has 0 amide bonds. The number of furan rings is 1. The number of methoxy groups -OCH3 is 1. The Morgan fingerprint density at radius 1 is 0.770 bits per heavy atom. The third kappa shape index (κ3) is 9.51. The molecule has 61 heavy (non-hydrogen) atoms. The van der Waals surface area contributed by atoms with E-state index in [1.165, 1.54) is 87.3 Å². The summed E-state index contributed by atoms with van der Waals surface area (Å²) in [6.07, 6.45) is 19.4. The molecule has 1 unspecified atom stereocenters. The van der Waals surface area contributed by atoms with Crippen LogP contribution in [0.5, 0.6) is 5.75 Å². The summed E-state index contributed by atoms with van der Waals surface area (Å²) in [5, 5.41) is 2.16. The fourth-order valence-electron chi connectivity index (χ4n) is 10.8.